The predicted molar refractivity (Wildman–Crippen MR) is 163 cm³/mol. The maximum atomic E-state index is 12.7. The number of fused-ring (bicyclic) bond motifs is 1. The normalized spacial score (nSPS) is 17.4. The Labute approximate surface area is 246 Å². The fraction of sp³-hybridized carbons (Fsp3) is 0.273. The minimum absolute atomic E-state index is 0.164. The van der Waals surface area contributed by atoms with Gasteiger partial charge in [-0.3, -0.25) is 8.58 Å². The Bertz CT molecular complexity index is 1780. The minimum Gasteiger partial charge on any atom is -0.489 e. The zero-order chi connectivity index (χ0) is 29.1. The number of hydrogen-bond acceptors (Lipinski definition) is 7. The average Bonchev–Trinajstić information content (AvgIpc) is 3.41. The van der Waals surface area contributed by atoms with Gasteiger partial charge in [-0.15, -0.1) is 0 Å². The molecule has 8 nitrogen and oxygen atoms in total. The summed E-state index contributed by atoms with van der Waals surface area (Å²) in [6.07, 6.45) is 7.06. The number of hydrogen-bond donors (Lipinski definition) is 1. The molecule has 0 spiro atoms. The molecule has 1 fully saturated rings. The summed E-state index contributed by atoms with van der Waals surface area (Å²) in [6.45, 7) is 2.58. The van der Waals surface area contributed by atoms with E-state index in [1.807, 2.05) is 67.7 Å². The Hall–Kier alpha value is -4.21. The number of benzene rings is 3. The number of nitrogens with two attached hydrogens (primary N) is 1. The lowest BCUT2D eigenvalue weighted by atomic mass is 9.82. The van der Waals surface area contributed by atoms with E-state index in [1.54, 1.807) is 30.5 Å². The molecular formula is C33H34N4O4S. The Morgan fingerprint density at radius 3 is 2.48 bits per heavy atom. The van der Waals surface area contributed by atoms with Crippen molar-refractivity contribution < 1.29 is 17.3 Å². The minimum atomic E-state index is -3.77. The third-order valence-electron chi connectivity index (χ3n) is 7.95. The van der Waals surface area contributed by atoms with Crippen molar-refractivity contribution in [1.82, 2.24) is 14.4 Å². The maximum absolute atomic E-state index is 12.7. The van der Waals surface area contributed by atoms with E-state index in [0.717, 1.165) is 65.2 Å². The van der Waals surface area contributed by atoms with Gasteiger partial charge in [0.25, 0.3) is 10.1 Å². The molecule has 0 radical (unpaired) electrons. The van der Waals surface area contributed by atoms with Crippen LogP contribution in [0.15, 0.2) is 96.2 Å². The first-order valence-electron chi connectivity index (χ1n) is 14.2. The van der Waals surface area contributed by atoms with Gasteiger partial charge in [0.2, 0.25) is 0 Å². The highest BCUT2D eigenvalue weighted by atomic mass is 32.2. The van der Waals surface area contributed by atoms with Crippen molar-refractivity contribution in [3.8, 4) is 17.0 Å². The van der Waals surface area contributed by atoms with E-state index in [0.29, 0.717) is 12.4 Å². The molecule has 0 atom stereocenters. The van der Waals surface area contributed by atoms with Crippen LogP contribution in [-0.4, -0.2) is 29.4 Å². The van der Waals surface area contributed by atoms with Gasteiger partial charge >= 0.3 is 0 Å². The van der Waals surface area contributed by atoms with E-state index in [4.69, 9.17) is 19.6 Å². The van der Waals surface area contributed by atoms with Crippen LogP contribution in [0.4, 0.5) is 5.82 Å². The monoisotopic (exact) mass is 582 g/mol. The van der Waals surface area contributed by atoms with Gasteiger partial charge < -0.3 is 10.5 Å². The summed E-state index contributed by atoms with van der Waals surface area (Å²) in [5.74, 6) is 2.48. The Balaban J connectivity index is 1.17. The van der Waals surface area contributed by atoms with Crippen LogP contribution < -0.4 is 10.5 Å². The molecule has 2 heterocycles. The van der Waals surface area contributed by atoms with E-state index in [2.05, 4.69) is 9.38 Å². The molecule has 1 saturated carbocycles. The van der Waals surface area contributed by atoms with Gasteiger partial charge in [-0.2, -0.15) is 8.42 Å². The Morgan fingerprint density at radius 1 is 0.952 bits per heavy atom. The summed E-state index contributed by atoms with van der Waals surface area (Å²) >= 11 is 0. The second-order valence-corrected chi connectivity index (χ2v) is 12.5. The molecule has 5 aromatic rings. The van der Waals surface area contributed by atoms with Gasteiger partial charge in [-0.25, -0.2) is 9.97 Å². The van der Waals surface area contributed by atoms with Gasteiger partial charge in [-0.1, -0.05) is 60.2 Å². The number of imidazole rings is 1. The van der Waals surface area contributed by atoms with Gasteiger partial charge in [0.05, 0.1) is 11.5 Å². The summed E-state index contributed by atoms with van der Waals surface area (Å²) in [5, 5.41) is 0. The molecular weight excluding hydrogens is 548 g/mol. The molecule has 216 valence electrons. The number of aryl methyl sites for hydroxylation is 1. The molecule has 0 unspecified atom stereocenters. The van der Waals surface area contributed by atoms with Crippen molar-refractivity contribution in [2.24, 2.45) is 5.92 Å². The quantitative estimate of drug-likeness (QED) is 0.196. The molecule has 42 heavy (non-hydrogen) atoms. The van der Waals surface area contributed by atoms with E-state index in [9.17, 15) is 8.42 Å². The molecule has 2 aromatic heterocycles. The Kier molecular flexibility index (Phi) is 7.95. The van der Waals surface area contributed by atoms with E-state index in [-0.39, 0.29) is 23.3 Å². The van der Waals surface area contributed by atoms with Crippen molar-refractivity contribution in [1.29, 1.82) is 0 Å². The van der Waals surface area contributed by atoms with Crippen LogP contribution >= 0.6 is 0 Å². The largest absolute Gasteiger partial charge is 0.489 e. The third kappa shape index (κ3) is 6.03. The lowest BCUT2D eigenvalue weighted by molar-refractivity contribution is 0.203. The Morgan fingerprint density at radius 2 is 1.71 bits per heavy atom. The smallest absolute Gasteiger partial charge is 0.296 e. The van der Waals surface area contributed by atoms with Crippen LogP contribution in [-0.2, 0) is 20.9 Å². The summed E-state index contributed by atoms with van der Waals surface area (Å²) in [7, 11) is -3.77. The lowest BCUT2D eigenvalue weighted by Gasteiger charge is -2.27. The highest BCUT2D eigenvalue weighted by Crippen LogP contribution is 2.39. The van der Waals surface area contributed by atoms with Crippen LogP contribution in [0, 0.1) is 12.8 Å². The molecule has 2 N–H and O–H groups in total. The SMILES string of the molecule is Cc1ccc(S(=O)(=O)OCC2CCC(c3nc(-c4cccc(OCc5ccccc5)c4)c4c(N)nccn34)CC2)cc1. The van der Waals surface area contributed by atoms with E-state index in [1.165, 1.54) is 0 Å². The first-order chi connectivity index (χ1) is 20.4. The molecule has 0 bridgehead atoms. The highest BCUT2D eigenvalue weighted by molar-refractivity contribution is 7.86. The average molecular weight is 583 g/mol. The van der Waals surface area contributed by atoms with Crippen LogP contribution in [0.3, 0.4) is 0 Å². The number of anilines is 1. The molecule has 0 amide bonds. The lowest BCUT2D eigenvalue weighted by Crippen LogP contribution is -2.21. The van der Waals surface area contributed by atoms with Crippen LogP contribution in [0.5, 0.6) is 5.75 Å². The van der Waals surface area contributed by atoms with Crippen LogP contribution in [0.1, 0.15) is 48.6 Å². The van der Waals surface area contributed by atoms with Crippen molar-refractivity contribution in [3.63, 3.8) is 0 Å². The summed E-state index contributed by atoms with van der Waals surface area (Å²) < 4.78 is 38.9. The van der Waals surface area contributed by atoms with Crippen molar-refractivity contribution in [2.75, 3.05) is 12.3 Å². The fourth-order valence-corrected chi connectivity index (χ4v) is 6.57. The topological polar surface area (TPSA) is 109 Å². The van der Waals surface area contributed by atoms with Crippen LogP contribution in [0.25, 0.3) is 16.8 Å². The van der Waals surface area contributed by atoms with E-state index >= 15 is 0 Å². The number of rotatable bonds is 9. The number of aromatic nitrogens is 3. The summed E-state index contributed by atoms with van der Waals surface area (Å²) in [4.78, 5) is 9.67. The summed E-state index contributed by atoms with van der Waals surface area (Å²) in [6, 6.07) is 24.7. The molecule has 0 aliphatic heterocycles. The molecule has 1 aliphatic carbocycles. The fourth-order valence-electron chi connectivity index (χ4n) is 5.60. The first kappa shape index (κ1) is 27.9. The van der Waals surface area contributed by atoms with Crippen molar-refractivity contribution in [3.05, 3.63) is 108 Å². The first-order valence-corrected chi connectivity index (χ1v) is 15.6. The van der Waals surface area contributed by atoms with E-state index < -0.39 is 10.1 Å². The van der Waals surface area contributed by atoms with Gasteiger partial charge in [-0.05, 0) is 68.4 Å². The van der Waals surface area contributed by atoms with Gasteiger partial charge in [0.15, 0.2) is 0 Å². The molecule has 0 saturated heterocycles. The second kappa shape index (κ2) is 12.0. The van der Waals surface area contributed by atoms with Crippen LogP contribution in [0.2, 0.25) is 0 Å². The van der Waals surface area contributed by atoms with Gasteiger partial charge in [0.1, 0.15) is 35.2 Å². The molecule has 9 heteroatoms. The maximum Gasteiger partial charge on any atom is 0.296 e. The van der Waals surface area contributed by atoms with Crippen molar-refractivity contribution >= 4 is 21.5 Å². The molecule has 6 rings (SSSR count). The second-order valence-electron chi connectivity index (χ2n) is 10.9. The van der Waals surface area contributed by atoms with Crippen molar-refractivity contribution in [2.45, 2.75) is 50.0 Å². The highest BCUT2D eigenvalue weighted by Gasteiger charge is 2.29. The number of nitrogen functional groups attached to an aromatic ring is 1. The number of nitrogens with zero attached hydrogens (tertiary/aromatic N) is 3. The summed E-state index contributed by atoms with van der Waals surface area (Å²) in [5.41, 5.74) is 11.0. The standard InChI is InChI=1S/C33H34N4O4S/c1-23-10-16-29(17-11-23)42(38,39)41-22-25-12-14-26(15-13-25)33-36-30(31-32(34)35-18-19-37(31)33)27-8-5-9-28(20-27)40-21-24-6-3-2-4-7-24/h2-11,16-20,25-26H,12-15,21-22H2,1H3,(H2,34,35). The zero-order valence-electron chi connectivity index (χ0n) is 23.5. The van der Waals surface area contributed by atoms with Gasteiger partial charge in [0, 0.05) is 23.9 Å². The predicted octanol–water partition coefficient (Wildman–Crippen LogP) is 6.55. The molecule has 3 aromatic carbocycles. The molecule has 1 aliphatic rings. The zero-order valence-corrected chi connectivity index (χ0v) is 24.3. The number of ether oxygens (including phenoxy) is 1. The third-order valence-corrected chi connectivity index (χ3v) is 9.24.